The van der Waals surface area contributed by atoms with E-state index in [1.165, 1.54) is 0 Å². The molecule has 7 heteroatoms. The minimum Gasteiger partial charge on any atom is -0.328 e. The predicted octanol–water partition coefficient (Wildman–Crippen LogP) is 2.45. The van der Waals surface area contributed by atoms with Crippen molar-refractivity contribution in [2.24, 2.45) is 11.7 Å². The van der Waals surface area contributed by atoms with Gasteiger partial charge in [-0.2, -0.15) is 0 Å². The number of nitrogens with zero attached hydrogens (tertiary/aromatic N) is 1. The van der Waals surface area contributed by atoms with Gasteiger partial charge in [0, 0.05) is 35.8 Å². The van der Waals surface area contributed by atoms with Gasteiger partial charge in [0.25, 0.3) is 0 Å². The molecule has 1 aliphatic rings. The lowest BCUT2D eigenvalue weighted by Gasteiger charge is -2.26. The highest BCUT2D eigenvalue weighted by atomic mass is 35.5. The average molecular weight is 356 g/mol. The molecule has 2 atom stereocenters. The quantitative estimate of drug-likeness (QED) is 0.882. The van der Waals surface area contributed by atoms with Crippen molar-refractivity contribution in [1.29, 1.82) is 0 Å². The van der Waals surface area contributed by atoms with Gasteiger partial charge in [-0.1, -0.05) is 18.6 Å². The number of halogens is 1. The van der Waals surface area contributed by atoms with Gasteiger partial charge in [0.2, 0.25) is 10.0 Å². The molecule has 3 rings (SSSR count). The summed E-state index contributed by atoms with van der Waals surface area (Å²) in [6.45, 7) is 0.456. The summed E-state index contributed by atoms with van der Waals surface area (Å²) in [7, 11) is -3.52. The molecule has 2 aromatic rings. The Morgan fingerprint density at radius 1 is 1.26 bits per heavy atom. The largest absolute Gasteiger partial charge is 0.328 e. The lowest BCUT2D eigenvalue weighted by molar-refractivity contribution is 0.322. The molecule has 1 heterocycles. The maximum absolute atomic E-state index is 12.6. The summed E-state index contributed by atoms with van der Waals surface area (Å²) in [6.07, 6.45) is 7.33. The van der Waals surface area contributed by atoms with Crippen LogP contribution in [0.5, 0.6) is 0 Å². The van der Waals surface area contributed by atoms with E-state index in [0.29, 0.717) is 22.7 Å². The fourth-order valence-electron chi connectivity index (χ4n) is 3.15. The van der Waals surface area contributed by atoms with Crippen molar-refractivity contribution in [3.8, 4) is 0 Å². The van der Waals surface area contributed by atoms with Crippen LogP contribution in [0, 0.1) is 5.92 Å². The van der Waals surface area contributed by atoms with Crippen molar-refractivity contribution in [3.63, 3.8) is 0 Å². The van der Waals surface area contributed by atoms with Crippen molar-refractivity contribution < 1.29 is 8.42 Å². The predicted molar refractivity (Wildman–Crippen MR) is 94.1 cm³/mol. The molecule has 0 amide bonds. The molecule has 0 radical (unpaired) electrons. The topological polar surface area (TPSA) is 85.1 Å². The number of nitrogens with two attached hydrogens (primary N) is 1. The molecule has 0 spiro atoms. The summed E-state index contributed by atoms with van der Waals surface area (Å²) in [5.74, 6) is 0.329. The summed E-state index contributed by atoms with van der Waals surface area (Å²) >= 11 is 0. The van der Waals surface area contributed by atoms with Gasteiger partial charge in [-0.05, 0) is 37.3 Å². The van der Waals surface area contributed by atoms with E-state index < -0.39 is 10.0 Å². The monoisotopic (exact) mass is 355 g/mol. The molecule has 1 aliphatic carbocycles. The molecule has 0 bridgehead atoms. The highest BCUT2D eigenvalue weighted by Crippen LogP contribution is 2.25. The second-order valence-corrected chi connectivity index (χ2v) is 7.73. The maximum Gasteiger partial charge on any atom is 0.241 e. The van der Waals surface area contributed by atoms with Crippen molar-refractivity contribution >= 4 is 33.2 Å². The standard InChI is InChI=1S/C16H21N3O2S.ClH/c17-14-5-1-3-12(9-14)10-19-22(20,21)16-6-2-4-13-11-18-8-7-15(13)16;/h2,4,6-8,11-12,14,19H,1,3,5,9-10,17H2;1H. The Balaban J connectivity index is 0.00000192. The first-order valence-corrected chi connectivity index (χ1v) is 9.12. The molecule has 1 aromatic carbocycles. The van der Waals surface area contributed by atoms with Crippen molar-refractivity contribution in [2.75, 3.05) is 6.54 Å². The SMILES string of the molecule is Cl.NC1CCCC(CNS(=O)(=O)c2cccc3cnccc23)C1. The summed E-state index contributed by atoms with van der Waals surface area (Å²) in [4.78, 5) is 4.35. The minimum atomic E-state index is -3.52. The van der Waals surface area contributed by atoms with E-state index in [0.717, 1.165) is 31.1 Å². The molecule has 0 saturated heterocycles. The highest BCUT2D eigenvalue weighted by Gasteiger charge is 2.23. The van der Waals surface area contributed by atoms with E-state index in [1.807, 2.05) is 6.07 Å². The van der Waals surface area contributed by atoms with E-state index in [-0.39, 0.29) is 18.4 Å². The van der Waals surface area contributed by atoms with E-state index in [4.69, 9.17) is 5.73 Å². The number of rotatable bonds is 4. The first-order chi connectivity index (χ1) is 10.6. The van der Waals surface area contributed by atoms with E-state index in [9.17, 15) is 8.42 Å². The van der Waals surface area contributed by atoms with Gasteiger partial charge < -0.3 is 5.73 Å². The first kappa shape index (κ1) is 18.1. The molecule has 23 heavy (non-hydrogen) atoms. The van der Waals surface area contributed by atoms with Crippen LogP contribution in [-0.4, -0.2) is 26.0 Å². The molecular weight excluding hydrogens is 334 g/mol. The van der Waals surface area contributed by atoms with Gasteiger partial charge in [0.15, 0.2) is 0 Å². The Hall–Kier alpha value is -1.21. The van der Waals surface area contributed by atoms with Gasteiger partial charge in [0.05, 0.1) is 4.90 Å². The van der Waals surface area contributed by atoms with Gasteiger partial charge in [-0.15, -0.1) is 12.4 Å². The Morgan fingerprint density at radius 3 is 2.87 bits per heavy atom. The second kappa shape index (κ2) is 7.57. The molecule has 0 aliphatic heterocycles. The summed E-state index contributed by atoms with van der Waals surface area (Å²) in [5, 5.41) is 1.52. The van der Waals surface area contributed by atoms with Crippen molar-refractivity contribution in [3.05, 3.63) is 36.7 Å². The van der Waals surface area contributed by atoms with Crippen LogP contribution < -0.4 is 10.5 Å². The van der Waals surface area contributed by atoms with Crippen LogP contribution in [0.2, 0.25) is 0 Å². The summed E-state index contributed by atoms with van der Waals surface area (Å²) in [5.41, 5.74) is 5.97. The van der Waals surface area contributed by atoms with Crippen LogP contribution in [0.3, 0.4) is 0 Å². The van der Waals surface area contributed by atoms with Crippen LogP contribution in [0.25, 0.3) is 10.8 Å². The number of benzene rings is 1. The lowest BCUT2D eigenvalue weighted by Crippen LogP contribution is -2.35. The van der Waals surface area contributed by atoms with E-state index in [1.54, 1.807) is 30.6 Å². The zero-order chi connectivity index (χ0) is 15.6. The number of sulfonamides is 1. The lowest BCUT2D eigenvalue weighted by atomic mass is 9.86. The van der Waals surface area contributed by atoms with Crippen LogP contribution in [-0.2, 0) is 10.0 Å². The van der Waals surface area contributed by atoms with Crippen molar-refractivity contribution in [2.45, 2.75) is 36.6 Å². The molecule has 5 nitrogen and oxygen atoms in total. The Bertz CT molecular complexity index is 762. The van der Waals surface area contributed by atoms with Crippen LogP contribution in [0.15, 0.2) is 41.6 Å². The van der Waals surface area contributed by atoms with E-state index in [2.05, 4.69) is 9.71 Å². The number of fused-ring (bicyclic) bond motifs is 1. The zero-order valence-corrected chi connectivity index (χ0v) is 14.4. The fraction of sp³-hybridized carbons (Fsp3) is 0.438. The fourth-order valence-corrected chi connectivity index (χ4v) is 4.49. The zero-order valence-electron chi connectivity index (χ0n) is 12.8. The Labute approximate surface area is 143 Å². The summed E-state index contributed by atoms with van der Waals surface area (Å²) < 4.78 is 28.0. The molecule has 1 fully saturated rings. The Kier molecular flexibility index (Phi) is 5.97. The second-order valence-electron chi connectivity index (χ2n) is 6.00. The number of hydrogen-bond acceptors (Lipinski definition) is 4. The number of nitrogens with one attached hydrogen (secondary N) is 1. The highest BCUT2D eigenvalue weighted by molar-refractivity contribution is 7.89. The molecule has 126 valence electrons. The van der Waals surface area contributed by atoms with Crippen LogP contribution in [0.4, 0.5) is 0 Å². The third-order valence-corrected chi connectivity index (χ3v) is 5.80. The number of pyridine rings is 1. The van der Waals surface area contributed by atoms with Gasteiger partial charge >= 0.3 is 0 Å². The minimum absolute atomic E-state index is 0. The normalized spacial score (nSPS) is 21.8. The molecular formula is C16H22ClN3O2S. The summed E-state index contributed by atoms with van der Waals surface area (Å²) in [6, 6.07) is 7.18. The average Bonchev–Trinajstić information content (AvgIpc) is 2.52. The van der Waals surface area contributed by atoms with E-state index >= 15 is 0 Å². The number of aromatic nitrogens is 1. The molecule has 1 saturated carbocycles. The smallest absolute Gasteiger partial charge is 0.241 e. The Morgan fingerprint density at radius 2 is 2.09 bits per heavy atom. The molecule has 3 N–H and O–H groups in total. The molecule has 2 unspecified atom stereocenters. The van der Waals surface area contributed by atoms with Gasteiger partial charge in [-0.25, -0.2) is 13.1 Å². The van der Waals surface area contributed by atoms with Gasteiger partial charge in [0.1, 0.15) is 0 Å². The first-order valence-electron chi connectivity index (χ1n) is 7.64. The van der Waals surface area contributed by atoms with Gasteiger partial charge in [-0.3, -0.25) is 4.98 Å². The third kappa shape index (κ3) is 4.20. The van der Waals surface area contributed by atoms with Crippen LogP contribution >= 0.6 is 12.4 Å². The molecule has 1 aromatic heterocycles. The van der Waals surface area contributed by atoms with Crippen LogP contribution in [0.1, 0.15) is 25.7 Å². The number of hydrogen-bond donors (Lipinski definition) is 2. The maximum atomic E-state index is 12.6. The van der Waals surface area contributed by atoms with Crippen molar-refractivity contribution in [1.82, 2.24) is 9.71 Å². The third-order valence-electron chi connectivity index (χ3n) is 4.32.